The first-order chi connectivity index (χ1) is 12.5. The number of carbonyl (C=O) groups is 1. The normalized spacial score (nSPS) is 23.2. The van der Waals surface area contributed by atoms with Crippen molar-refractivity contribution in [2.45, 2.75) is 58.9 Å². The zero-order chi connectivity index (χ0) is 18.5. The highest BCUT2D eigenvalue weighted by molar-refractivity contribution is 5.76. The van der Waals surface area contributed by atoms with Crippen LogP contribution in [0, 0.1) is 17.8 Å². The number of carbonyl (C=O) groups excluding carboxylic acids is 1. The van der Waals surface area contributed by atoms with E-state index in [-0.39, 0.29) is 11.9 Å². The second kappa shape index (κ2) is 8.43. The number of aromatic nitrogens is 3. The van der Waals surface area contributed by atoms with Gasteiger partial charge >= 0.3 is 0 Å². The molecule has 1 amide bonds. The van der Waals surface area contributed by atoms with Gasteiger partial charge in [-0.1, -0.05) is 38.4 Å². The molecule has 0 aromatic carbocycles. The summed E-state index contributed by atoms with van der Waals surface area (Å²) in [6, 6.07) is 5.82. The van der Waals surface area contributed by atoms with Gasteiger partial charge in [-0.25, -0.2) is 0 Å². The Morgan fingerprint density at radius 1 is 1.35 bits per heavy atom. The summed E-state index contributed by atoms with van der Waals surface area (Å²) >= 11 is 0. The van der Waals surface area contributed by atoms with Crippen molar-refractivity contribution in [1.29, 1.82) is 0 Å². The van der Waals surface area contributed by atoms with Gasteiger partial charge in [0.1, 0.15) is 5.69 Å². The van der Waals surface area contributed by atoms with Crippen LogP contribution >= 0.6 is 0 Å². The summed E-state index contributed by atoms with van der Waals surface area (Å²) in [5, 5.41) is 7.19. The maximum Gasteiger partial charge on any atom is 0.227 e. The third-order valence-corrected chi connectivity index (χ3v) is 5.30. The summed E-state index contributed by atoms with van der Waals surface area (Å²) in [5.41, 5.74) is 0.669. The van der Waals surface area contributed by atoms with Crippen LogP contribution in [-0.4, -0.2) is 27.1 Å². The zero-order valence-electron chi connectivity index (χ0n) is 15.8. The van der Waals surface area contributed by atoms with Gasteiger partial charge in [-0.15, -0.1) is 0 Å². The van der Waals surface area contributed by atoms with E-state index in [0.29, 0.717) is 48.0 Å². The molecule has 0 radical (unpaired) electrons. The first kappa shape index (κ1) is 18.5. The molecule has 6 heteroatoms. The van der Waals surface area contributed by atoms with E-state index in [4.69, 9.17) is 4.52 Å². The first-order valence-electron chi connectivity index (χ1n) is 9.56. The van der Waals surface area contributed by atoms with Gasteiger partial charge in [0.25, 0.3) is 0 Å². The van der Waals surface area contributed by atoms with Gasteiger partial charge in [0.05, 0.1) is 0 Å². The third kappa shape index (κ3) is 4.68. The van der Waals surface area contributed by atoms with Gasteiger partial charge < -0.3 is 9.84 Å². The van der Waals surface area contributed by atoms with Crippen molar-refractivity contribution in [3.63, 3.8) is 0 Å². The topological polar surface area (TPSA) is 80.9 Å². The first-order valence-corrected chi connectivity index (χ1v) is 9.56. The van der Waals surface area contributed by atoms with Crippen LogP contribution in [-0.2, 0) is 11.2 Å². The van der Waals surface area contributed by atoms with Crippen LogP contribution in [0.5, 0.6) is 0 Å². The molecule has 0 saturated heterocycles. The van der Waals surface area contributed by atoms with Crippen LogP contribution in [0.25, 0.3) is 11.5 Å². The molecule has 3 atom stereocenters. The highest BCUT2D eigenvalue weighted by atomic mass is 16.5. The van der Waals surface area contributed by atoms with Crippen molar-refractivity contribution >= 4 is 5.91 Å². The second-order valence-corrected chi connectivity index (χ2v) is 7.73. The molecule has 3 rings (SSSR count). The minimum atomic E-state index is 0.0623. The van der Waals surface area contributed by atoms with Gasteiger partial charge in [-0.3, -0.25) is 9.78 Å². The van der Waals surface area contributed by atoms with E-state index in [2.05, 4.69) is 41.2 Å². The molecule has 2 heterocycles. The summed E-state index contributed by atoms with van der Waals surface area (Å²) in [4.78, 5) is 21.0. The summed E-state index contributed by atoms with van der Waals surface area (Å²) in [6.07, 6.45) is 6.02. The SMILES string of the molecule is CC1CCC(C(C)C)C(NC(=O)CCc2nc(-c3ccccn3)no2)C1. The van der Waals surface area contributed by atoms with E-state index >= 15 is 0 Å². The number of nitrogens with one attached hydrogen (secondary N) is 1. The Bertz CT molecular complexity index is 714. The van der Waals surface area contributed by atoms with Gasteiger partial charge in [-0.2, -0.15) is 4.98 Å². The molecule has 0 spiro atoms. The lowest BCUT2D eigenvalue weighted by Crippen LogP contribution is -2.45. The van der Waals surface area contributed by atoms with Crippen molar-refractivity contribution in [3.8, 4) is 11.5 Å². The lowest BCUT2D eigenvalue weighted by Gasteiger charge is -2.37. The van der Waals surface area contributed by atoms with E-state index in [9.17, 15) is 4.79 Å². The number of amides is 1. The lowest BCUT2D eigenvalue weighted by atomic mass is 9.74. The Morgan fingerprint density at radius 3 is 2.92 bits per heavy atom. The van der Waals surface area contributed by atoms with Crippen LogP contribution < -0.4 is 5.32 Å². The Kier molecular flexibility index (Phi) is 6.01. The molecule has 140 valence electrons. The predicted octanol–water partition coefficient (Wildman–Crippen LogP) is 3.64. The largest absolute Gasteiger partial charge is 0.353 e. The molecule has 0 bridgehead atoms. The molecular weight excluding hydrogens is 328 g/mol. The van der Waals surface area contributed by atoms with Gasteiger partial charge in [-0.05, 0) is 42.7 Å². The van der Waals surface area contributed by atoms with Crippen LogP contribution in [0.15, 0.2) is 28.9 Å². The van der Waals surface area contributed by atoms with Gasteiger partial charge in [0.2, 0.25) is 17.6 Å². The number of aryl methyl sites for hydroxylation is 1. The smallest absolute Gasteiger partial charge is 0.227 e. The molecule has 6 nitrogen and oxygen atoms in total. The molecule has 1 saturated carbocycles. The standard InChI is InChI=1S/C20H28N4O2/c1-13(2)15-8-7-14(3)12-17(15)22-18(25)9-10-19-23-20(24-26-19)16-6-4-5-11-21-16/h4-6,11,13-15,17H,7-10,12H2,1-3H3,(H,22,25). The Morgan fingerprint density at radius 2 is 2.19 bits per heavy atom. The fourth-order valence-corrected chi connectivity index (χ4v) is 3.82. The Labute approximate surface area is 154 Å². The Balaban J connectivity index is 1.53. The van der Waals surface area contributed by atoms with E-state index in [1.54, 1.807) is 6.20 Å². The molecule has 26 heavy (non-hydrogen) atoms. The average molecular weight is 356 g/mol. The van der Waals surface area contributed by atoms with Crippen LogP contribution in [0.3, 0.4) is 0 Å². The van der Waals surface area contributed by atoms with Crippen LogP contribution in [0.2, 0.25) is 0 Å². The summed E-state index contributed by atoms with van der Waals surface area (Å²) in [7, 11) is 0. The maximum atomic E-state index is 12.4. The maximum absolute atomic E-state index is 12.4. The average Bonchev–Trinajstić information content (AvgIpc) is 3.09. The highest BCUT2D eigenvalue weighted by Crippen LogP contribution is 2.33. The second-order valence-electron chi connectivity index (χ2n) is 7.73. The molecular formula is C20H28N4O2. The number of nitrogens with zero attached hydrogens (tertiary/aromatic N) is 3. The van der Waals surface area contributed by atoms with E-state index in [0.717, 1.165) is 6.42 Å². The van der Waals surface area contributed by atoms with Crippen molar-refractivity contribution in [1.82, 2.24) is 20.4 Å². The number of rotatable bonds is 6. The number of hydrogen-bond donors (Lipinski definition) is 1. The molecule has 1 aliphatic rings. The summed E-state index contributed by atoms with van der Waals surface area (Å²) in [5.74, 6) is 2.82. The van der Waals surface area contributed by atoms with Crippen LogP contribution in [0.1, 0.15) is 52.3 Å². The Hall–Kier alpha value is -2.24. The van der Waals surface area contributed by atoms with Crippen molar-refractivity contribution in [3.05, 3.63) is 30.3 Å². The molecule has 1 aliphatic carbocycles. The number of pyridine rings is 1. The molecule has 2 aromatic rings. The summed E-state index contributed by atoms with van der Waals surface area (Å²) in [6.45, 7) is 6.77. The van der Waals surface area contributed by atoms with Crippen molar-refractivity contribution in [2.24, 2.45) is 17.8 Å². The molecule has 1 fully saturated rings. The minimum absolute atomic E-state index is 0.0623. The lowest BCUT2D eigenvalue weighted by molar-refractivity contribution is -0.122. The minimum Gasteiger partial charge on any atom is -0.353 e. The predicted molar refractivity (Wildman–Crippen MR) is 99.1 cm³/mol. The van der Waals surface area contributed by atoms with E-state index < -0.39 is 0 Å². The monoisotopic (exact) mass is 356 g/mol. The van der Waals surface area contributed by atoms with Crippen molar-refractivity contribution < 1.29 is 9.32 Å². The fraction of sp³-hybridized carbons (Fsp3) is 0.600. The summed E-state index contributed by atoms with van der Waals surface area (Å²) < 4.78 is 5.25. The zero-order valence-corrected chi connectivity index (χ0v) is 15.8. The van der Waals surface area contributed by atoms with Gasteiger partial charge in [0.15, 0.2) is 0 Å². The number of hydrogen-bond acceptors (Lipinski definition) is 5. The van der Waals surface area contributed by atoms with E-state index in [1.807, 2.05) is 18.2 Å². The van der Waals surface area contributed by atoms with Crippen molar-refractivity contribution in [2.75, 3.05) is 0 Å². The fourth-order valence-electron chi connectivity index (χ4n) is 3.82. The molecule has 0 aliphatic heterocycles. The highest BCUT2D eigenvalue weighted by Gasteiger charge is 2.31. The quantitative estimate of drug-likeness (QED) is 0.854. The van der Waals surface area contributed by atoms with Crippen LogP contribution in [0.4, 0.5) is 0 Å². The van der Waals surface area contributed by atoms with Gasteiger partial charge in [0, 0.05) is 25.1 Å². The van der Waals surface area contributed by atoms with E-state index in [1.165, 1.54) is 12.8 Å². The molecule has 1 N–H and O–H groups in total. The molecule has 3 unspecified atom stereocenters. The third-order valence-electron chi connectivity index (χ3n) is 5.30. The molecule has 2 aromatic heterocycles.